The summed E-state index contributed by atoms with van der Waals surface area (Å²) in [5.41, 5.74) is 0.880. The molecular formula is C12H21N3O3S2. The number of nitrogens with one attached hydrogen (secondary N) is 1. The van der Waals surface area contributed by atoms with Gasteiger partial charge in [-0.3, -0.25) is 0 Å². The van der Waals surface area contributed by atoms with E-state index < -0.39 is 10.2 Å². The number of hydrogen-bond donors (Lipinski definition) is 2. The van der Waals surface area contributed by atoms with Gasteiger partial charge in [0, 0.05) is 18.0 Å². The van der Waals surface area contributed by atoms with Gasteiger partial charge in [0.05, 0.1) is 12.3 Å². The summed E-state index contributed by atoms with van der Waals surface area (Å²) in [6, 6.07) is -0.328. The summed E-state index contributed by atoms with van der Waals surface area (Å²) in [6.45, 7) is 4.33. The lowest BCUT2D eigenvalue weighted by Crippen LogP contribution is -2.47. The molecule has 1 aromatic heterocycles. The standard InChI is InChI=1S/C12H21N3O3S2/c1-9(2)11-8-19-12(13-11)14-20(17,18)15-6-4-3-5-10(15)7-16/h8-10,16H,3-7H2,1-2H3,(H,13,14). The molecule has 114 valence electrons. The smallest absolute Gasteiger partial charge is 0.303 e. The van der Waals surface area contributed by atoms with Crippen molar-refractivity contribution in [2.45, 2.75) is 45.1 Å². The predicted octanol–water partition coefficient (Wildman–Crippen LogP) is 1.77. The number of aliphatic hydroxyl groups excluding tert-OH is 1. The Kier molecular flexibility index (Phi) is 5.00. The second-order valence-corrected chi connectivity index (χ2v) is 7.76. The van der Waals surface area contributed by atoms with E-state index in [4.69, 9.17) is 0 Å². The third kappa shape index (κ3) is 3.49. The monoisotopic (exact) mass is 319 g/mol. The number of anilines is 1. The van der Waals surface area contributed by atoms with E-state index in [9.17, 15) is 13.5 Å². The van der Waals surface area contributed by atoms with E-state index in [-0.39, 0.29) is 18.6 Å². The van der Waals surface area contributed by atoms with Crippen LogP contribution in [0, 0.1) is 0 Å². The predicted molar refractivity (Wildman–Crippen MR) is 80.2 cm³/mol. The van der Waals surface area contributed by atoms with E-state index >= 15 is 0 Å². The van der Waals surface area contributed by atoms with Crippen molar-refractivity contribution in [3.63, 3.8) is 0 Å². The van der Waals surface area contributed by atoms with Crippen LogP contribution >= 0.6 is 11.3 Å². The zero-order chi connectivity index (χ0) is 14.8. The van der Waals surface area contributed by atoms with Gasteiger partial charge in [0.1, 0.15) is 0 Å². The van der Waals surface area contributed by atoms with Crippen LogP contribution in [-0.4, -0.2) is 42.0 Å². The number of nitrogens with zero attached hydrogens (tertiary/aromatic N) is 2. The molecule has 8 heteroatoms. The molecule has 1 unspecified atom stereocenters. The number of aliphatic hydroxyl groups is 1. The maximum Gasteiger partial charge on any atom is 0.303 e. The lowest BCUT2D eigenvalue weighted by molar-refractivity contribution is 0.156. The van der Waals surface area contributed by atoms with E-state index in [0.717, 1.165) is 18.5 Å². The van der Waals surface area contributed by atoms with E-state index in [1.807, 2.05) is 19.2 Å². The first-order valence-electron chi connectivity index (χ1n) is 6.80. The van der Waals surface area contributed by atoms with Crippen LogP contribution in [0.3, 0.4) is 0 Å². The molecule has 2 rings (SSSR count). The fourth-order valence-electron chi connectivity index (χ4n) is 2.24. The zero-order valence-electron chi connectivity index (χ0n) is 11.7. The number of thiazole rings is 1. The van der Waals surface area contributed by atoms with Crippen molar-refractivity contribution in [1.82, 2.24) is 9.29 Å². The minimum atomic E-state index is -3.64. The van der Waals surface area contributed by atoms with Crippen LogP contribution < -0.4 is 4.72 Å². The molecule has 0 radical (unpaired) electrons. The highest BCUT2D eigenvalue weighted by atomic mass is 32.2. The Bertz CT molecular complexity index is 542. The molecule has 1 saturated heterocycles. The lowest BCUT2D eigenvalue weighted by Gasteiger charge is -2.33. The van der Waals surface area contributed by atoms with Crippen molar-refractivity contribution < 1.29 is 13.5 Å². The van der Waals surface area contributed by atoms with Crippen LogP contribution in [-0.2, 0) is 10.2 Å². The molecule has 0 amide bonds. The van der Waals surface area contributed by atoms with Crippen LogP contribution in [0.4, 0.5) is 5.13 Å². The van der Waals surface area contributed by atoms with Gasteiger partial charge in [-0.15, -0.1) is 11.3 Å². The van der Waals surface area contributed by atoms with Crippen LogP contribution in [0.5, 0.6) is 0 Å². The first-order valence-corrected chi connectivity index (χ1v) is 9.12. The van der Waals surface area contributed by atoms with Crippen molar-refractivity contribution in [3.05, 3.63) is 11.1 Å². The van der Waals surface area contributed by atoms with E-state index in [0.29, 0.717) is 18.1 Å². The Labute approximate surface area is 124 Å². The summed E-state index contributed by atoms with van der Waals surface area (Å²) >= 11 is 1.29. The quantitative estimate of drug-likeness (QED) is 0.866. The molecule has 0 saturated carbocycles. The zero-order valence-corrected chi connectivity index (χ0v) is 13.4. The minimum Gasteiger partial charge on any atom is -0.395 e. The summed E-state index contributed by atoms with van der Waals surface area (Å²) in [5.74, 6) is 0.268. The molecule has 0 bridgehead atoms. The molecule has 6 nitrogen and oxygen atoms in total. The molecule has 1 aromatic rings. The van der Waals surface area contributed by atoms with E-state index in [1.165, 1.54) is 15.6 Å². The number of rotatable bonds is 5. The highest BCUT2D eigenvalue weighted by Gasteiger charge is 2.32. The van der Waals surface area contributed by atoms with E-state index in [1.54, 1.807) is 0 Å². The molecule has 0 aliphatic carbocycles. The van der Waals surface area contributed by atoms with Crippen molar-refractivity contribution in [2.75, 3.05) is 17.9 Å². The molecule has 2 heterocycles. The van der Waals surface area contributed by atoms with Gasteiger partial charge in [0.15, 0.2) is 5.13 Å². The van der Waals surface area contributed by atoms with Gasteiger partial charge in [0.2, 0.25) is 0 Å². The van der Waals surface area contributed by atoms with Crippen molar-refractivity contribution in [1.29, 1.82) is 0 Å². The fraction of sp³-hybridized carbons (Fsp3) is 0.750. The summed E-state index contributed by atoms with van der Waals surface area (Å²) in [5, 5.41) is 11.6. The van der Waals surface area contributed by atoms with Gasteiger partial charge < -0.3 is 5.11 Å². The Morgan fingerprint density at radius 1 is 1.55 bits per heavy atom. The largest absolute Gasteiger partial charge is 0.395 e. The van der Waals surface area contributed by atoms with Gasteiger partial charge in [-0.1, -0.05) is 20.3 Å². The SMILES string of the molecule is CC(C)c1csc(NS(=O)(=O)N2CCCCC2CO)n1. The van der Waals surface area contributed by atoms with Crippen molar-refractivity contribution in [3.8, 4) is 0 Å². The number of aromatic nitrogens is 1. The van der Waals surface area contributed by atoms with Crippen LogP contribution in [0.1, 0.15) is 44.7 Å². The summed E-state index contributed by atoms with van der Waals surface area (Å²) < 4.78 is 28.6. The Morgan fingerprint density at radius 3 is 2.90 bits per heavy atom. The highest BCUT2D eigenvalue weighted by molar-refractivity contribution is 7.90. The second-order valence-electron chi connectivity index (χ2n) is 5.28. The summed E-state index contributed by atoms with van der Waals surface area (Å²) in [6.07, 6.45) is 2.48. The second kappa shape index (κ2) is 6.38. The molecule has 0 spiro atoms. The molecule has 1 aliphatic rings. The van der Waals surface area contributed by atoms with E-state index in [2.05, 4.69) is 9.71 Å². The maximum atomic E-state index is 12.4. The Hall–Kier alpha value is -0.700. The molecule has 1 aliphatic heterocycles. The summed E-state index contributed by atoms with van der Waals surface area (Å²) in [7, 11) is -3.64. The van der Waals surface area contributed by atoms with Crippen LogP contribution in [0.2, 0.25) is 0 Å². The average molecular weight is 319 g/mol. The molecule has 2 N–H and O–H groups in total. The van der Waals surface area contributed by atoms with Crippen molar-refractivity contribution >= 4 is 26.7 Å². The van der Waals surface area contributed by atoms with Gasteiger partial charge in [0.25, 0.3) is 0 Å². The highest BCUT2D eigenvalue weighted by Crippen LogP contribution is 2.25. The average Bonchev–Trinajstić information content (AvgIpc) is 2.86. The Morgan fingerprint density at radius 2 is 2.30 bits per heavy atom. The molecule has 1 fully saturated rings. The van der Waals surface area contributed by atoms with Crippen molar-refractivity contribution in [2.24, 2.45) is 0 Å². The first-order chi connectivity index (χ1) is 9.44. The number of hydrogen-bond acceptors (Lipinski definition) is 5. The Balaban J connectivity index is 2.13. The summed E-state index contributed by atoms with van der Waals surface area (Å²) in [4.78, 5) is 4.28. The normalized spacial score (nSPS) is 21.3. The van der Waals surface area contributed by atoms with Gasteiger partial charge >= 0.3 is 10.2 Å². The number of piperidine rings is 1. The van der Waals surface area contributed by atoms with Gasteiger partial charge in [-0.2, -0.15) is 12.7 Å². The molecular weight excluding hydrogens is 298 g/mol. The topological polar surface area (TPSA) is 82.5 Å². The van der Waals surface area contributed by atoms with Crippen LogP contribution in [0.25, 0.3) is 0 Å². The molecule has 1 atom stereocenters. The minimum absolute atomic E-state index is 0.143. The fourth-order valence-corrected chi connectivity index (χ4v) is 4.78. The molecule has 0 aromatic carbocycles. The molecule has 20 heavy (non-hydrogen) atoms. The third-order valence-corrected chi connectivity index (χ3v) is 5.88. The van der Waals surface area contributed by atoms with Gasteiger partial charge in [-0.05, 0) is 18.8 Å². The first kappa shape index (κ1) is 15.7. The maximum absolute atomic E-state index is 12.4. The van der Waals surface area contributed by atoms with Gasteiger partial charge in [-0.25, -0.2) is 9.71 Å². The third-order valence-electron chi connectivity index (χ3n) is 3.42. The van der Waals surface area contributed by atoms with Crippen LogP contribution in [0.15, 0.2) is 5.38 Å². The lowest BCUT2D eigenvalue weighted by atomic mass is 10.1.